The van der Waals surface area contributed by atoms with Crippen molar-refractivity contribution < 1.29 is 0 Å². The number of piperazine rings is 1. The van der Waals surface area contributed by atoms with Crippen molar-refractivity contribution >= 4 is 16.5 Å². The smallest absolute Gasteiger partial charge is 0.185 e. The summed E-state index contributed by atoms with van der Waals surface area (Å²) in [5.74, 6) is 0. The van der Waals surface area contributed by atoms with Crippen molar-refractivity contribution in [3.8, 4) is 0 Å². The van der Waals surface area contributed by atoms with Gasteiger partial charge in [-0.15, -0.1) is 11.3 Å². The first-order valence-electron chi connectivity index (χ1n) is 5.45. The van der Waals surface area contributed by atoms with Crippen LogP contribution in [0.25, 0.3) is 0 Å². The maximum Gasteiger partial charge on any atom is 0.185 e. The molecule has 0 aromatic carbocycles. The maximum absolute atomic E-state index is 5.58. The van der Waals surface area contributed by atoms with Crippen LogP contribution in [0.4, 0.5) is 5.13 Å². The van der Waals surface area contributed by atoms with Gasteiger partial charge in [0.05, 0.1) is 0 Å². The first-order chi connectivity index (χ1) is 7.33. The Morgan fingerprint density at radius 3 is 2.67 bits per heavy atom. The number of aromatic nitrogens is 1. The van der Waals surface area contributed by atoms with Crippen LogP contribution in [-0.2, 0) is 6.54 Å². The van der Waals surface area contributed by atoms with Crippen LogP contribution in [-0.4, -0.2) is 42.6 Å². The van der Waals surface area contributed by atoms with Crippen molar-refractivity contribution in [2.24, 2.45) is 5.73 Å². The summed E-state index contributed by atoms with van der Waals surface area (Å²) >= 11 is 1.72. The van der Waals surface area contributed by atoms with Crippen LogP contribution < -0.4 is 10.6 Å². The van der Waals surface area contributed by atoms with E-state index in [4.69, 9.17) is 5.73 Å². The number of likely N-dealkylation sites (N-methyl/N-ethyl adjacent to an activating group) is 1. The normalized spacial score (nSPS) is 18.4. The summed E-state index contributed by atoms with van der Waals surface area (Å²) in [5, 5.41) is 1.13. The minimum absolute atomic E-state index is 0.604. The number of hydrogen-bond acceptors (Lipinski definition) is 5. The van der Waals surface area contributed by atoms with E-state index in [1.165, 1.54) is 4.88 Å². The standard InChI is InChI=1S/C10H18N4S/c1-2-13-3-5-14(6-4-13)10-12-8-9(7-11)15-10/h8H,2-7,11H2,1H3. The summed E-state index contributed by atoms with van der Waals surface area (Å²) in [5.41, 5.74) is 5.58. The Bertz CT molecular complexity index is 304. The molecule has 1 saturated heterocycles. The molecule has 0 amide bonds. The lowest BCUT2D eigenvalue weighted by atomic mass is 10.3. The van der Waals surface area contributed by atoms with E-state index in [0.717, 1.165) is 37.9 Å². The highest BCUT2D eigenvalue weighted by Crippen LogP contribution is 2.22. The molecule has 5 heteroatoms. The lowest BCUT2D eigenvalue weighted by Crippen LogP contribution is -2.46. The largest absolute Gasteiger partial charge is 0.346 e. The Labute approximate surface area is 94.7 Å². The van der Waals surface area contributed by atoms with Gasteiger partial charge in [-0.1, -0.05) is 6.92 Å². The molecule has 2 N–H and O–H groups in total. The third kappa shape index (κ3) is 2.48. The molecule has 0 aliphatic carbocycles. The number of hydrogen-bond donors (Lipinski definition) is 1. The van der Waals surface area contributed by atoms with Gasteiger partial charge < -0.3 is 15.5 Å². The lowest BCUT2D eigenvalue weighted by Gasteiger charge is -2.33. The van der Waals surface area contributed by atoms with Gasteiger partial charge in [0.2, 0.25) is 0 Å². The zero-order chi connectivity index (χ0) is 10.7. The lowest BCUT2D eigenvalue weighted by molar-refractivity contribution is 0.271. The molecule has 1 fully saturated rings. The Kier molecular flexibility index (Phi) is 3.56. The highest BCUT2D eigenvalue weighted by atomic mass is 32.1. The van der Waals surface area contributed by atoms with Crippen LogP contribution in [0, 0.1) is 0 Å². The van der Waals surface area contributed by atoms with Crippen LogP contribution in [0.1, 0.15) is 11.8 Å². The van der Waals surface area contributed by atoms with Crippen molar-refractivity contribution in [2.45, 2.75) is 13.5 Å². The van der Waals surface area contributed by atoms with Gasteiger partial charge in [-0.05, 0) is 6.54 Å². The van der Waals surface area contributed by atoms with E-state index >= 15 is 0 Å². The van der Waals surface area contributed by atoms with Crippen LogP contribution in [0.15, 0.2) is 6.20 Å². The van der Waals surface area contributed by atoms with Crippen molar-refractivity contribution in [3.05, 3.63) is 11.1 Å². The highest BCUT2D eigenvalue weighted by Gasteiger charge is 2.17. The zero-order valence-corrected chi connectivity index (χ0v) is 9.96. The molecule has 2 heterocycles. The van der Waals surface area contributed by atoms with E-state index in [2.05, 4.69) is 21.7 Å². The number of thiazole rings is 1. The third-order valence-electron chi connectivity index (χ3n) is 2.83. The van der Waals surface area contributed by atoms with E-state index in [9.17, 15) is 0 Å². The fourth-order valence-electron chi connectivity index (χ4n) is 1.79. The molecule has 15 heavy (non-hydrogen) atoms. The molecule has 1 aliphatic heterocycles. The van der Waals surface area contributed by atoms with Crippen LogP contribution in [0.3, 0.4) is 0 Å². The molecular formula is C10H18N4S. The number of nitrogens with two attached hydrogens (primary N) is 1. The summed E-state index contributed by atoms with van der Waals surface area (Å²) in [7, 11) is 0. The van der Waals surface area contributed by atoms with Gasteiger partial charge in [-0.25, -0.2) is 4.98 Å². The molecule has 0 spiro atoms. The van der Waals surface area contributed by atoms with Crippen LogP contribution in [0.5, 0.6) is 0 Å². The molecule has 0 bridgehead atoms. The first kappa shape index (κ1) is 10.9. The van der Waals surface area contributed by atoms with Crippen molar-refractivity contribution in [2.75, 3.05) is 37.6 Å². The molecule has 2 rings (SSSR count). The Morgan fingerprint density at radius 1 is 1.40 bits per heavy atom. The molecule has 0 unspecified atom stereocenters. The van der Waals surface area contributed by atoms with Gasteiger partial charge in [-0.2, -0.15) is 0 Å². The van der Waals surface area contributed by atoms with E-state index in [0.29, 0.717) is 6.54 Å². The predicted octanol–water partition coefficient (Wildman–Crippen LogP) is 0.744. The van der Waals surface area contributed by atoms with Crippen molar-refractivity contribution in [1.29, 1.82) is 0 Å². The summed E-state index contributed by atoms with van der Waals surface area (Å²) in [6.45, 7) is 8.44. The fourth-order valence-corrected chi connectivity index (χ4v) is 2.63. The Balaban J connectivity index is 1.95. The molecule has 0 atom stereocenters. The van der Waals surface area contributed by atoms with Crippen LogP contribution in [0.2, 0.25) is 0 Å². The summed E-state index contributed by atoms with van der Waals surface area (Å²) in [4.78, 5) is 10.4. The zero-order valence-electron chi connectivity index (χ0n) is 9.15. The van der Waals surface area contributed by atoms with E-state index in [1.807, 2.05) is 6.20 Å². The average Bonchev–Trinajstić information content (AvgIpc) is 2.78. The van der Waals surface area contributed by atoms with E-state index < -0.39 is 0 Å². The molecule has 0 saturated carbocycles. The van der Waals surface area contributed by atoms with Crippen LogP contribution >= 0.6 is 11.3 Å². The Hall–Kier alpha value is -0.650. The molecule has 1 aromatic heterocycles. The van der Waals surface area contributed by atoms with E-state index in [1.54, 1.807) is 11.3 Å². The highest BCUT2D eigenvalue weighted by molar-refractivity contribution is 7.15. The van der Waals surface area contributed by atoms with Gasteiger partial charge in [0, 0.05) is 43.8 Å². The van der Waals surface area contributed by atoms with Gasteiger partial charge in [0.1, 0.15) is 0 Å². The topological polar surface area (TPSA) is 45.4 Å². The SMILES string of the molecule is CCN1CCN(c2ncc(CN)s2)CC1. The second-order valence-corrected chi connectivity index (χ2v) is 4.83. The minimum atomic E-state index is 0.604. The summed E-state index contributed by atoms with van der Waals surface area (Å²) < 4.78 is 0. The van der Waals surface area contributed by atoms with Crippen molar-refractivity contribution in [1.82, 2.24) is 9.88 Å². The van der Waals surface area contributed by atoms with Gasteiger partial charge in [0.15, 0.2) is 5.13 Å². The summed E-state index contributed by atoms with van der Waals surface area (Å²) in [6, 6.07) is 0. The molecule has 84 valence electrons. The molecule has 1 aromatic rings. The quantitative estimate of drug-likeness (QED) is 0.826. The molecule has 4 nitrogen and oxygen atoms in total. The number of anilines is 1. The third-order valence-corrected chi connectivity index (χ3v) is 3.91. The molecule has 1 aliphatic rings. The molecule has 0 radical (unpaired) electrons. The fraction of sp³-hybridized carbons (Fsp3) is 0.700. The number of rotatable bonds is 3. The summed E-state index contributed by atoms with van der Waals surface area (Å²) in [6.07, 6.45) is 1.90. The van der Waals surface area contributed by atoms with E-state index in [-0.39, 0.29) is 0 Å². The second kappa shape index (κ2) is 4.92. The Morgan fingerprint density at radius 2 is 2.13 bits per heavy atom. The van der Waals surface area contributed by atoms with Gasteiger partial charge in [-0.3, -0.25) is 0 Å². The van der Waals surface area contributed by atoms with Gasteiger partial charge in [0.25, 0.3) is 0 Å². The number of nitrogens with zero attached hydrogens (tertiary/aromatic N) is 3. The maximum atomic E-state index is 5.58. The minimum Gasteiger partial charge on any atom is -0.346 e. The predicted molar refractivity (Wildman–Crippen MR) is 64.3 cm³/mol. The van der Waals surface area contributed by atoms with Crippen molar-refractivity contribution in [3.63, 3.8) is 0 Å². The monoisotopic (exact) mass is 226 g/mol. The molecular weight excluding hydrogens is 208 g/mol. The second-order valence-electron chi connectivity index (χ2n) is 3.73. The first-order valence-corrected chi connectivity index (χ1v) is 6.27. The average molecular weight is 226 g/mol. The van der Waals surface area contributed by atoms with Gasteiger partial charge >= 0.3 is 0 Å².